The van der Waals surface area contributed by atoms with Crippen LogP contribution < -0.4 is 26.2 Å². The van der Waals surface area contributed by atoms with E-state index in [1.54, 1.807) is 4.57 Å². The molecule has 5 heteroatoms. The van der Waals surface area contributed by atoms with Crippen molar-refractivity contribution in [2.45, 2.75) is 70.3 Å². The molecule has 20 aromatic rings. The number of para-hydroxylation sites is 3. The minimum absolute atomic E-state index is 0.0174. The molecule has 2 aliphatic heterocycles. The Balaban J connectivity index is 0.725. The van der Waals surface area contributed by atoms with Gasteiger partial charge in [0.25, 0.3) is 6.71 Å². The lowest BCUT2D eigenvalue weighted by molar-refractivity contribution is 0.590. The summed E-state index contributed by atoms with van der Waals surface area (Å²) in [6.07, 6.45) is 3.94. The second-order valence-corrected chi connectivity index (χ2v) is 35.6. The summed E-state index contributed by atoms with van der Waals surface area (Å²) in [6, 6.07) is 132. The van der Waals surface area contributed by atoms with Crippen LogP contribution in [0.4, 0.5) is 22.7 Å². The van der Waals surface area contributed by atoms with Crippen LogP contribution in [-0.2, 0) is 30.2 Å². The predicted octanol–water partition coefficient (Wildman–Crippen LogP) is 28.7. The van der Waals surface area contributed by atoms with Gasteiger partial charge in [0.1, 0.15) is 0 Å². The van der Waals surface area contributed by atoms with Crippen LogP contribution in [0, 0.1) is 0 Å². The third-order valence-corrected chi connectivity index (χ3v) is 27.6. The van der Waals surface area contributed by atoms with Crippen molar-refractivity contribution in [2.24, 2.45) is 0 Å². The summed E-state index contributed by atoms with van der Waals surface area (Å²) in [5.74, 6) is 0. The minimum atomic E-state index is -0.585. The number of aromatic nitrogens is 2. The molecule has 4 heterocycles. The number of nitrogens with zero attached hydrogens (tertiary/aromatic N) is 4. The first-order valence-electron chi connectivity index (χ1n) is 48.5. The monoisotopic (exact) mass is 1620 g/mol. The van der Waals surface area contributed by atoms with Crippen LogP contribution in [0.25, 0.3) is 138 Å². The van der Waals surface area contributed by atoms with Crippen molar-refractivity contribution in [3.05, 3.63) is 457 Å². The maximum Gasteiger partial charge on any atom is 0.252 e. The lowest BCUT2D eigenvalue weighted by atomic mass is 9.33. The highest BCUT2D eigenvalue weighted by molar-refractivity contribution is 7.00. The molecule has 2 aliphatic carbocycles. The molecule has 0 atom stereocenters. The van der Waals surface area contributed by atoms with E-state index >= 15 is 0 Å². The third-order valence-electron chi connectivity index (χ3n) is 27.6. The lowest BCUT2D eigenvalue weighted by Gasteiger charge is -2.45. The second-order valence-electron chi connectivity index (χ2n) is 35.6. The summed E-state index contributed by atoms with van der Waals surface area (Å²) in [5, 5.41) is 2.48. The average molecular weight is 1620 g/mol. The Labute approximate surface area is 749 Å². The van der Waals surface area contributed by atoms with E-state index in [-0.39, 0.29) is 64.6 Å². The number of hydrogen-bond acceptors (Lipinski definition) is 2. The van der Waals surface area contributed by atoms with Gasteiger partial charge in [-0.2, -0.15) is 0 Å². The third kappa shape index (κ3) is 12.2. The molecule has 126 heavy (non-hydrogen) atoms. The molecule has 0 amide bonds. The van der Waals surface area contributed by atoms with E-state index in [4.69, 9.17) is 2.74 Å². The minimum Gasteiger partial charge on any atom is -0.342 e. The van der Waals surface area contributed by atoms with Crippen LogP contribution in [-0.4, -0.2) is 28.9 Å². The first kappa shape index (κ1) is 66.8. The van der Waals surface area contributed by atoms with E-state index < -0.39 is 29.6 Å². The number of unbranched alkanes of at least 4 members (excludes halogenated alkanes) is 1. The molecule has 1 spiro atoms. The molecule has 0 saturated carbocycles. The largest absolute Gasteiger partial charge is 0.342 e. The van der Waals surface area contributed by atoms with Gasteiger partial charge in [-0.1, -0.05) is 348 Å². The highest BCUT2D eigenvalue weighted by atomic mass is 15.2. The Morgan fingerprint density at radius 3 is 1.22 bits per heavy atom. The maximum absolute atomic E-state index is 9.70. The van der Waals surface area contributed by atoms with Crippen molar-refractivity contribution in [1.82, 2.24) is 9.13 Å². The van der Waals surface area contributed by atoms with Gasteiger partial charge in [0.15, 0.2) is 0 Å². The van der Waals surface area contributed by atoms with Crippen molar-refractivity contribution in [3.8, 4) is 94.7 Å². The maximum atomic E-state index is 9.70. The van der Waals surface area contributed by atoms with Crippen LogP contribution in [0.5, 0.6) is 0 Å². The fourth-order valence-electron chi connectivity index (χ4n) is 22.0. The van der Waals surface area contributed by atoms with Crippen molar-refractivity contribution < 1.29 is 11.0 Å². The summed E-state index contributed by atoms with van der Waals surface area (Å²) in [4.78, 5) is 5.30. The Hall–Kier alpha value is -14.8. The fourth-order valence-corrected chi connectivity index (χ4v) is 22.0. The topological polar surface area (TPSA) is 16.3 Å². The molecule has 600 valence electrons. The van der Waals surface area contributed by atoms with Crippen LogP contribution in [0.1, 0.15) is 95.5 Å². The Morgan fingerprint density at radius 2 is 0.722 bits per heavy atom. The molecule has 4 nitrogen and oxygen atoms in total. The van der Waals surface area contributed by atoms with E-state index in [0.29, 0.717) is 25.9 Å². The SMILES string of the molecule is [2H]c1c([2H])c([2H])c2c(c1[2H])c1c([2H])c([2H])c([2H])c([2H])c1n2Cc1ccc2c(c1)N(CCCc1c(-c3ccccc3)cc(-c3ccccc3)cc1-c1ccccc1)c1cc(C(C)(C)C)cc3c1B2c1ccc(-n2c4ccccc4c4cc5c(cc42)C2(c4ccccc4-c4ccccc42)c2ccccc2-5)cc1N3CCCCc1c(-c2ccccc2)cc(-c2ccccc2)cc1-c1ccccc1. The average Bonchev–Trinajstić information content (AvgIpc) is 1.49. The number of anilines is 4. The lowest BCUT2D eigenvalue weighted by Crippen LogP contribution is -2.62. The molecule has 0 radical (unpaired) electrons. The molecule has 0 fully saturated rings. The summed E-state index contributed by atoms with van der Waals surface area (Å²) < 4.78 is 79.0. The van der Waals surface area contributed by atoms with Crippen LogP contribution >= 0.6 is 0 Å². The molecule has 0 N–H and O–H groups in total. The van der Waals surface area contributed by atoms with Crippen LogP contribution in [0.2, 0.25) is 0 Å². The van der Waals surface area contributed by atoms with E-state index in [9.17, 15) is 8.22 Å². The zero-order valence-electron chi connectivity index (χ0n) is 78.7. The first-order chi connectivity index (χ1) is 65.5. The zero-order chi connectivity index (χ0) is 90.7. The highest BCUT2D eigenvalue weighted by Crippen LogP contribution is 2.64. The van der Waals surface area contributed by atoms with Gasteiger partial charge in [0, 0.05) is 80.6 Å². The molecule has 0 unspecified atom stereocenters. The van der Waals surface area contributed by atoms with Crippen molar-refractivity contribution in [3.63, 3.8) is 0 Å². The summed E-state index contributed by atoms with van der Waals surface area (Å²) in [5.41, 5.74) is 39.2. The zero-order valence-corrected chi connectivity index (χ0v) is 70.7. The molecular formula is C121H93BN4. The molecule has 0 saturated heterocycles. The van der Waals surface area contributed by atoms with Gasteiger partial charge in [0.2, 0.25) is 0 Å². The van der Waals surface area contributed by atoms with E-state index in [1.807, 2.05) is 0 Å². The van der Waals surface area contributed by atoms with Crippen molar-refractivity contribution in [1.29, 1.82) is 0 Å². The van der Waals surface area contributed by atoms with Gasteiger partial charge in [0.05, 0.1) is 27.4 Å². The number of fused-ring (bicyclic) bond motifs is 20. The molecule has 0 bridgehead atoms. The first-order valence-corrected chi connectivity index (χ1v) is 44.5. The summed E-state index contributed by atoms with van der Waals surface area (Å²) in [6.45, 7) is 7.96. The molecule has 24 rings (SSSR count). The Bertz CT molecular complexity index is 7970. The van der Waals surface area contributed by atoms with Gasteiger partial charge < -0.3 is 18.9 Å². The number of benzene rings is 18. The van der Waals surface area contributed by atoms with Crippen LogP contribution in [0.3, 0.4) is 0 Å². The van der Waals surface area contributed by atoms with E-state index in [1.165, 1.54) is 122 Å². The second kappa shape index (κ2) is 30.3. The highest BCUT2D eigenvalue weighted by Gasteiger charge is 2.52. The predicted molar refractivity (Wildman–Crippen MR) is 533 cm³/mol. The van der Waals surface area contributed by atoms with Crippen molar-refractivity contribution in [2.75, 3.05) is 22.9 Å². The Morgan fingerprint density at radius 1 is 0.302 bits per heavy atom. The normalized spacial score (nSPS) is 14.0. The molecule has 4 aliphatic rings. The smallest absolute Gasteiger partial charge is 0.252 e. The van der Waals surface area contributed by atoms with Gasteiger partial charge in [-0.3, -0.25) is 0 Å². The van der Waals surface area contributed by atoms with E-state index in [2.05, 4.69) is 399 Å². The summed E-state index contributed by atoms with van der Waals surface area (Å²) in [7, 11) is 0. The Kier molecular flexibility index (Phi) is 16.1. The van der Waals surface area contributed by atoms with Gasteiger partial charge >= 0.3 is 0 Å². The van der Waals surface area contributed by atoms with Crippen molar-refractivity contribution >= 4 is 89.5 Å². The van der Waals surface area contributed by atoms with E-state index in [0.717, 1.165) is 97.5 Å². The summed E-state index contributed by atoms with van der Waals surface area (Å²) >= 11 is 0. The fraction of sp³-hybridized carbons (Fsp3) is 0.107. The van der Waals surface area contributed by atoms with Gasteiger partial charge in [-0.25, -0.2) is 0 Å². The standard InChI is InChI=1S/C121H93BN4/c1-120(2,3)89-74-117-119-118(75-89)124(68-36-56-92-101(85-45-18-8-19-46-85)72-88(82-39-12-5-13-40-82)73-102(92)86-47-20-9-21-48-86)115-69-80(79-125-111-60-31-25-53-96(111)97-54-26-32-61-112(97)125)63-65-109(115)122(119)110-66-64-90(76-116(110)123(117)67-35-34-49-91-99(83-41-14-6-15-42-83)70-87(81-37-10-4-11-38-81)71-100(91)84-43-16-7-17-44-84)126-113-62-33-27-55-98(113)104-77-103-95-52-24-30-59-107(95)121(108(103)78-114(104)126)105-57-28-22-50-93(105)94-51-23-29-58-106(94)121/h4-33,37-48,50-55,57-66,69-78H,34-36,49,56,67-68,79H2,1-3H3/i25D,26D,31D,32D,53D,54D,60D,61D. The molecular weight excluding hydrogens is 1520 g/mol. The molecule has 2 aromatic heterocycles. The number of hydrogen-bond donors (Lipinski definition) is 0. The molecule has 18 aromatic carbocycles. The van der Waals surface area contributed by atoms with Gasteiger partial charge in [-0.05, 0) is 272 Å². The van der Waals surface area contributed by atoms with Gasteiger partial charge in [-0.15, -0.1) is 0 Å². The quantitative estimate of drug-likeness (QED) is 0.0629. The number of rotatable bonds is 18. The van der Waals surface area contributed by atoms with Crippen LogP contribution in [0.15, 0.2) is 412 Å².